The first-order valence-corrected chi connectivity index (χ1v) is 10.8. The highest BCUT2D eigenvalue weighted by Crippen LogP contribution is 2.27. The summed E-state index contributed by atoms with van der Waals surface area (Å²) in [6.45, 7) is 13.0. The van der Waals surface area contributed by atoms with Crippen LogP contribution >= 0.6 is 0 Å². The van der Waals surface area contributed by atoms with Gasteiger partial charge in [0.15, 0.2) is 0 Å². The van der Waals surface area contributed by atoms with E-state index in [1.165, 1.54) is 12.8 Å². The average Bonchev–Trinajstić information content (AvgIpc) is 3.18. The van der Waals surface area contributed by atoms with Crippen LogP contribution in [-0.4, -0.2) is 46.7 Å². The topological polar surface area (TPSA) is 40.2 Å². The third kappa shape index (κ3) is 8.93. The third-order valence-corrected chi connectivity index (χ3v) is 7.40. The van der Waals surface area contributed by atoms with E-state index in [9.17, 15) is 0 Å². The molecule has 0 radical (unpaired) electrons. The maximum Gasteiger partial charge on any atom is 0.338 e. The Bertz CT molecular complexity index is 257. The van der Waals surface area contributed by atoms with Gasteiger partial charge in [-0.1, -0.05) is 19.8 Å². The number of ether oxygens (including phenoxy) is 2. The molecule has 0 aromatic carbocycles. The molecule has 0 aliphatic carbocycles. The molecule has 1 atom stereocenters. The molecular formula is C16H34O4Si. The standard InChI is InChI=1S/C16H34O4Si/c1-6-7-10-21(19-14(2)3,20-15(4)5)11-8-9-17-12-16-13-18-16/h14-16H,6-13H2,1-5H3. The summed E-state index contributed by atoms with van der Waals surface area (Å²) in [4.78, 5) is 0. The normalized spacial score (nSPS) is 18.7. The van der Waals surface area contributed by atoms with Crippen molar-refractivity contribution in [2.24, 2.45) is 0 Å². The van der Waals surface area contributed by atoms with Crippen LogP contribution in [-0.2, 0) is 18.3 Å². The molecule has 1 aliphatic heterocycles. The molecular weight excluding hydrogens is 284 g/mol. The molecule has 21 heavy (non-hydrogen) atoms. The van der Waals surface area contributed by atoms with Crippen molar-refractivity contribution in [2.45, 2.75) is 84.3 Å². The molecule has 126 valence electrons. The van der Waals surface area contributed by atoms with Gasteiger partial charge in [-0.25, -0.2) is 0 Å². The quantitative estimate of drug-likeness (QED) is 0.293. The van der Waals surface area contributed by atoms with E-state index in [1.807, 2.05) is 0 Å². The maximum atomic E-state index is 6.33. The highest BCUT2D eigenvalue weighted by Gasteiger charge is 2.38. The van der Waals surface area contributed by atoms with Gasteiger partial charge in [0.1, 0.15) is 6.10 Å². The third-order valence-electron chi connectivity index (χ3n) is 3.36. The van der Waals surface area contributed by atoms with Crippen molar-refractivity contribution in [1.82, 2.24) is 0 Å². The van der Waals surface area contributed by atoms with Crippen molar-refractivity contribution in [3.05, 3.63) is 0 Å². The first-order chi connectivity index (χ1) is 9.97. The molecule has 1 unspecified atom stereocenters. The fraction of sp³-hybridized carbons (Fsp3) is 1.00. The second kappa shape index (κ2) is 9.95. The Hall–Kier alpha value is 0.0569. The molecule has 0 N–H and O–H groups in total. The van der Waals surface area contributed by atoms with Gasteiger partial charge in [0.2, 0.25) is 0 Å². The van der Waals surface area contributed by atoms with Crippen molar-refractivity contribution in [1.29, 1.82) is 0 Å². The summed E-state index contributed by atoms with van der Waals surface area (Å²) in [6.07, 6.45) is 4.20. The van der Waals surface area contributed by atoms with Crippen molar-refractivity contribution in [3.8, 4) is 0 Å². The molecule has 0 aromatic heterocycles. The largest absolute Gasteiger partial charge is 0.392 e. The molecule has 4 nitrogen and oxygen atoms in total. The van der Waals surface area contributed by atoms with Gasteiger partial charge in [-0.15, -0.1) is 0 Å². The summed E-state index contributed by atoms with van der Waals surface area (Å²) in [5.41, 5.74) is 0. The minimum absolute atomic E-state index is 0.230. The van der Waals surface area contributed by atoms with Crippen molar-refractivity contribution in [2.75, 3.05) is 19.8 Å². The Kier molecular flexibility index (Phi) is 9.05. The van der Waals surface area contributed by atoms with Crippen LogP contribution in [0.1, 0.15) is 53.9 Å². The van der Waals surface area contributed by atoms with Crippen LogP contribution < -0.4 is 0 Å². The fourth-order valence-electron chi connectivity index (χ4n) is 2.52. The highest BCUT2D eigenvalue weighted by molar-refractivity contribution is 6.67. The van der Waals surface area contributed by atoms with Crippen molar-refractivity contribution in [3.63, 3.8) is 0 Å². The Balaban J connectivity index is 2.44. The van der Waals surface area contributed by atoms with Crippen LogP contribution in [0.5, 0.6) is 0 Å². The predicted molar refractivity (Wildman–Crippen MR) is 87.9 cm³/mol. The van der Waals surface area contributed by atoms with Gasteiger partial charge in [0, 0.05) is 18.8 Å². The summed E-state index contributed by atoms with van der Waals surface area (Å²) in [5.74, 6) is 0. The Morgan fingerprint density at radius 1 is 1.05 bits per heavy atom. The lowest BCUT2D eigenvalue weighted by Crippen LogP contribution is -2.46. The first kappa shape index (κ1) is 19.1. The SMILES string of the molecule is CCCC[Si](CCCOCC1CO1)(OC(C)C)OC(C)C. The van der Waals surface area contributed by atoms with Gasteiger partial charge >= 0.3 is 8.56 Å². The number of epoxide rings is 1. The maximum absolute atomic E-state index is 6.33. The van der Waals surface area contributed by atoms with E-state index >= 15 is 0 Å². The number of rotatable bonds is 13. The zero-order valence-corrected chi connectivity index (χ0v) is 15.5. The molecule has 1 saturated heterocycles. The van der Waals surface area contributed by atoms with Gasteiger partial charge < -0.3 is 18.3 Å². The summed E-state index contributed by atoms with van der Waals surface area (Å²) in [6, 6.07) is 2.11. The smallest absolute Gasteiger partial charge is 0.338 e. The van der Waals surface area contributed by atoms with Gasteiger partial charge in [-0.2, -0.15) is 0 Å². The van der Waals surface area contributed by atoms with Gasteiger partial charge in [-0.05, 0) is 46.2 Å². The van der Waals surface area contributed by atoms with Crippen LogP contribution in [0, 0.1) is 0 Å². The van der Waals surface area contributed by atoms with Crippen molar-refractivity contribution < 1.29 is 18.3 Å². The number of hydrogen-bond donors (Lipinski definition) is 0. The van der Waals surface area contributed by atoms with Gasteiger partial charge in [0.25, 0.3) is 0 Å². The summed E-state index contributed by atoms with van der Waals surface area (Å²) >= 11 is 0. The number of hydrogen-bond acceptors (Lipinski definition) is 4. The summed E-state index contributed by atoms with van der Waals surface area (Å²) in [7, 11) is -2.12. The minimum atomic E-state index is -2.12. The Labute approximate surface area is 131 Å². The highest BCUT2D eigenvalue weighted by atomic mass is 28.4. The van der Waals surface area contributed by atoms with Crippen molar-refractivity contribution >= 4 is 8.56 Å². The molecule has 0 spiro atoms. The van der Waals surface area contributed by atoms with E-state index in [2.05, 4.69) is 34.6 Å². The van der Waals surface area contributed by atoms with E-state index in [0.717, 1.165) is 38.3 Å². The number of unbranched alkanes of at least 4 members (excludes halogenated alkanes) is 1. The lowest BCUT2D eigenvalue weighted by atomic mass is 10.4. The molecule has 0 aromatic rings. The lowest BCUT2D eigenvalue weighted by molar-refractivity contribution is 0.0927. The van der Waals surface area contributed by atoms with E-state index in [1.54, 1.807) is 0 Å². The molecule has 5 heteroatoms. The van der Waals surface area contributed by atoms with Gasteiger partial charge in [-0.3, -0.25) is 0 Å². The van der Waals surface area contributed by atoms with Crippen LogP contribution in [0.25, 0.3) is 0 Å². The summed E-state index contributed by atoms with van der Waals surface area (Å²) < 4.78 is 23.5. The fourth-order valence-corrected chi connectivity index (χ4v) is 6.59. The van der Waals surface area contributed by atoms with Gasteiger partial charge in [0.05, 0.1) is 13.2 Å². The lowest BCUT2D eigenvalue weighted by Gasteiger charge is -2.34. The van der Waals surface area contributed by atoms with E-state index in [4.69, 9.17) is 18.3 Å². The second-order valence-corrected chi connectivity index (χ2v) is 9.77. The zero-order chi connectivity index (χ0) is 15.7. The summed E-state index contributed by atoms with van der Waals surface area (Å²) in [5, 5.41) is 0. The van der Waals surface area contributed by atoms with E-state index in [-0.39, 0.29) is 12.2 Å². The van der Waals surface area contributed by atoms with Crippen LogP contribution in [0.2, 0.25) is 12.1 Å². The predicted octanol–water partition coefficient (Wildman–Crippen LogP) is 3.88. The molecule has 1 rings (SSSR count). The van der Waals surface area contributed by atoms with E-state index in [0.29, 0.717) is 6.10 Å². The van der Waals surface area contributed by atoms with Crippen LogP contribution in [0.4, 0.5) is 0 Å². The Morgan fingerprint density at radius 2 is 1.62 bits per heavy atom. The second-order valence-electron chi connectivity index (χ2n) is 6.48. The molecule has 1 aliphatic rings. The molecule has 1 heterocycles. The molecule has 0 bridgehead atoms. The van der Waals surface area contributed by atoms with Crippen LogP contribution in [0.15, 0.2) is 0 Å². The molecule has 0 saturated carbocycles. The molecule has 1 fully saturated rings. The zero-order valence-electron chi connectivity index (χ0n) is 14.5. The Morgan fingerprint density at radius 3 is 2.10 bits per heavy atom. The first-order valence-electron chi connectivity index (χ1n) is 8.52. The van der Waals surface area contributed by atoms with E-state index < -0.39 is 8.56 Å². The minimum Gasteiger partial charge on any atom is -0.392 e. The average molecular weight is 319 g/mol. The van der Waals surface area contributed by atoms with Crippen LogP contribution in [0.3, 0.4) is 0 Å². The molecule has 0 amide bonds. The monoisotopic (exact) mass is 318 g/mol.